The monoisotopic (exact) mass is 345 g/mol. The molecule has 3 aromatic rings. The number of hydrogen-bond acceptors (Lipinski definition) is 2. The molecular weight excluding hydrogens is 322 g/mol. The van der Waals surface area contributed by atoms with Gasteiger partial charge in [0.25, 0.3) is 0 Å². The molecule has 132 valence electrons. The van der Waals surface area contributed by atoms with Crippen LogP contribution < -0.4 is 0 Å². The van der Waals surface area contributed by atoms with Crippen LogP contribution in [-0.4, -0.2) is 17.1 Å². The van der Waals surface area contributed by atoms with Crippen molar-refractivity contribution < 1.29 is 9.53 Å². The van der Waals surface area contributed by atoms with E-state index in [1.165, 1.54) is 28.1 Å². The summed E-state index contributed by atoms with van der Waals surface area (Å²) in [6, 6.07) is 23.2. The topological polar surface area (TPSA) is 31.2 Å². The Balaban J connectivity index is 1.80. The van der Waals surface area contributed by atoms with E-state index in [1.54, 1.807) is 0 Å². The van der Waals surface area contributed by atoms with Gasteiger partial charge in [-0.15, -0.1) is 0 Å². The molecule has 1 aromatic heterocycles. The second-order valence-corrected chi connectivity index (χ2v) is 6.72. The third-order valence-electron chi connectivity index (χ3n) is 5.12. The van der Waals surface area contributed by atoms with E-state index < -0.39 is 0 Å². The lowest BCUT2D eigenvalue weighted by Crippen LogP contribution is -2.28. The van der Waals surface area contributed by atoms with Crippen molar-refractivity contribution in [1.29, 1.82) is 0 Å². The number of carbonyl (C=O) groups excluding carboxylic acids is 1. The Hall–Kier alpha value is -2.81. The van der Waals surface area contributed by atoms with Crippen molar-refractivity contribution >= 4 is 5.97 Å². The van der Waals surface area contributed by atoms with Crippen LogP contribution in [0.25, 0.3) is 22.4 Å². The van der Waals surface area contributed by atoms with Gasteiger partial charge in [-0.1, -0.05) is 60.7 Å². The second-order valence-electron chi connectivity index (χ2n) is 6.72. The van der Waals surface area contributed by atoms with Crippen molar-refractivity contribution in [2.24, 2.45) is 5.92 Å². The van der Waals surface area contributed by atoms with Gasteiger partial charge in [-0.3, -0.25) is 4.79 Å². The van der Waals surface area contributed by atoms with Crippen molar-refractivity contribution in [1.82, 2.24) is 4.57 Å². The van der Waals surface area contributed by atoms with E-state index in [0.717, 1.165) is 12.8 Å². The highest BCUT2D eigenvalue weighted by molar-refractivity contribution is 5.77. The molecule has 2 aromatic carbocycles. The quantitative estimate of drug-likeness (QED) is 0.627. The Morgan fingerprint density at radius 1 is 1.04 bits per heavy atom. The number of hydrogen-bond donors (Lipinski definition) is 0. The van der Waals surface area contributed by atoms with Crippen LogP contribution in [0.3, 0.4) is 0 Å². The van der Waals surface area contributed by atoms with Gasteiger partial charge in [-0.25, -0.2) is 0 Å². The molecule has 0 radical (unpaired) electrons. The maximum atomic E-state index is 12.3. The predicted octanol–water partition coefficient (Wildman–Crippen LogP) is 4.95. The summed E-state index contributed by atoms with van der Waals surface area (Å²) in [6.45, 7) is 2.99. The number of fused-ring (bicyclic) bond motifs is 1. The highest BCUT2D eigenvalue weighted by Crippen LogP contribution is 2.37. The Morgan fingerprint density at radius 2 is 1.69 bits per heavy atom. The molecule has 1 unspecified atom stereocenters. The average Bonchev–Trinajstić information content (AvgIpc) is 3.08. The van der Waals surface area contributed by atoms with Crippen molar-refractivity contribution in [3.05, 3.63) is 72.4 Å². The van der Waals surface area contributed by atoms with Gasteiger partial charge in [0, 0.05) is 23.5 Å². The number of nitrogens with zero attached hydrogens (tertiary/aromatic N) is 1. The smallest absolute Gasteiger partial charge is 0.310 e. The zero-order valence-electron chi connectivity index (χ0n) is 15.0. The summed E-state index contributed by atoms with van der Waals surface area (Å²) in [5, 5.41) is 0. The average molecular weight is 345 g/mol. The Bertz CT molecular complexity index is 897. The molecule has 0 N–H and O–H groups in total. The highest BCUT2D eigenvalue weighted by atomic mass is 16.5. The van der Waals surface area contributed by atoms with Gasteiger partial charge < -0.3 is 9.30 Å². The van der Waals surface area contributed by atoms with Crippen LogP contribution in [-0.2, 0) is 22.5 Å². The molecule has 3 heteroatoms. The zero-order valence-corrected chi connectivity index (χ0v) is 15.0. The Kier molecular flexibility index (Phi) is 4.61. The first-order valence-corrected chi connectivity index (χ1v) is 9.27. The van der Waals surface area contributed by atoms with Crippen LogP contribution in [0, 0.1) is 5.92 Å². The van der Waals surface area contributed by atoms with Crippen LogP contribution in [0.1, 0.15) is 19.0 Å². The van der Waals surface area contributed by atoms with Gasteiger partial charge in [0.1, 0.15) is 0 Å². The van der Waals surface area contributed by atoms with Crippen molar-refractivity contribution in [3.8, 4) is 22.4 Å². The molecule has 4 rings (SSSR count). The van der Waals surface area contributed by atoms with E-state index in [9.17, 15) is 4.79 Å². The first-order valence-electron chi connectivity index (χ1n) is 9.27. The largest absolute Gasteiger partial charge is 0.466 e. The molecule has 0 amide bonds. The summed E-state index contributed by atoms with van der Waals surface area (Å²) in [7, 11) is 0. The molecule has 1 aliphatic rings. The van der Waals surface area contributed by atoms with Crippen LogP contribution >= 0.6 is 0 Å². The minimum absolute atomic E-state index is 0.0686. The molecule has 0 bridgehead atoms. The zero-order chi connectivity index (χ0) is 17.9. The third kappa shape index (κ3) is 3.05. The van der Waals surface area contributed by atoms with Crippen LogP contribution in [0.4, 0.5) is 0 Å². The maximum Gasteiger partial charge on any atom is 0.310 e. The number of esters is 1. The fraction of sp³-hybridized carbons (Fsp3) is 0.261. The predicted molar refractivity (Wildman–Crippen MR) is 104 cm³/mol. The van der Waals surface area contributed by atoms with Gasteiger partial charge in [-0.05, 0) is 37.0 Å². The number of aromatic nitrogens is 1. The summed E-state index contributed by atoms with van der Waals surface area (Å²) in [4.78, 5) is 12.3. The normalized spacial score (nSPS) is 16.1. The van der Waals surface area contributed by atoms with Gasteiger partial charge in [-0.2, -0.15) is 0 Å². The van der Waals surface area contributed by atoms with Gasteiger partial charge >= 0.3 is 5.97 Å². The minimum atomic E-state index is -0.0767. The summed E-state index contributed by atoms with van der Waals surface area (Å²) < 4.78 is 7.60. The lowest BCUT2D eigenvalue weighted by atomic mass is 9.95. The molecule has 1 atom stereocenters. The third-order valence-corrected chi connectivity index (χ3v) is 5.12. The van der Waals surface area contributed by atoms with Crippen LogP contribution in [0.5, 0.6) is 0 Å². The lowest BCUT2D eigenvalue weighted by Gasteiger charge is -2.26. The molecule has 0 fully saturated rings. The number of carbonyl (C=O) groups is 1. The van der Waals surface area contributed by atoms with Gasteiger partial charge in [0.15, 0.2) is 0 Å². The van der Waals surface area contributed by atoms with Gasteiger partial charge in [0.2, 0.25) is 0 Å². The molecule has 2 heterocycles. The van der Waals surface area contributed by atoms with Crippen molar-refractivity contribution in [2.75, 3.05) is 6.61 Å². The van der Waals surface area contributed by atoms with E-state index in [-0.39, 0.29) is 11.9 Å². The molecule has 0 spiro atoms. The standard InChI is InChI=1S/C23H23NO2/c1-2-26-23(25)19-13-14-21-20(17-9-5-3-6-10-17)15-22(24(21)16-19)18-11-7-4-8-12-18/h3-12,15,19H,2,13-14,16H2,1H3. The van der Waals surface area contributed by atoms with E-state index >= 15 is 0 Å². The molecule has 0 saturated carbocycles. The van der Waals surface area contributed by atoms with Crippen molar-refractivity contribution in [3.63, 3.8) is 0 Å². The molecule has 26 heavy (non-hydrogen) atoms. The maximum absolute atomic E-state index is 12.3. The fourth-order valence-electron chi connectivity index (χ4n) is 3.86. The first-order chi connectivity index (χ1) is 12.8. The molecule has 0 saturated heterocycles. The first kappa shape index (κ1) is 16.6. The fourth-order valence-corrected chi connectivity index (χ4v) is 3.86. The minimum Gasteiger partial charge on any atom is -0.466 e. The second kappa shape index (κ2) is 7.20. The summed E-state index contributed by atoms with van der Waals surface area (Å²) >= 11 is 0. The molecular formula is C23H23NO2. The molecule has 1 aliphatic heterocycles. The van der Waals surface area contributed by atoms with E-state index in [4.69, 9.17) is 4.74 Å². The van der Waals surface area contributed by atoms with Crippen LogP contribution in [0.2, 0.25) is 0 Å². The number of rotatable bonds is 4. The summed E-state index contributed by atoms with van der Waals surface area (Å²) in [5.41, 5.74) is 6.17. The summed E-state index contributed by atoms with van der Waals surface area (Å²) in [6.07, 6.45) is 1.73. The number of benzene rings is 2. The van der Waals surface area contributed by atoms with Crippen molar-refractivity contribution in [2.45, 2.75) is 26.3 Å². The van der Waals surface area contributed by atoms with E-state index in [2.05, 4.69) is 59.2 Å². The Morgan fingerprint density at radius 3 is 2.35 bits per heavy atom. The SMILES string of the molecule is CCOC(=O)C1CCc2c(-c3ccccc3)cc(-c3ccccc3)n2C1. The lowest BCUT2D eigenvalue weighted by molar-refractivity contribution is -0.149. The summed E-state index contributed by atoms with van der Waals surface area (Å²) in [5.74, 6) is -0.145. The number of ether oxygens (including phenoxy) is 1. The van der Waals surface area contributed by atoms with Gasteiger partial charge in [0.05, 0.1) is 12.5 Å². The Labute approximate surface area is 154 Å². The van der Waals surface area contributed by atoms with Crippen LogP contribution in [0.15, 0.2) is 66.7 Å². The van der Waals surface area contributed by atoms with E-state index in [0.29, 0.717) is 13.2 Å². The van der Waals surface area contributed by atoms with E-state index in [1.807, 2.05) is 19.1 Å². The molecule has 0 aliphatic carbocycles. The highest BCUT2D eigenvalue weighted by Gasteiger charge is 2.29. The molecule has 3 nitrogen and oxygen atoms in total.